The lowest BCUT2D eigenvalue weighted by Gasteiger charge is -2.36. The fraction of sp³-hybridized carbons (Fsp3) is 0.438. The van der Waals surface area contributed by atoms with Crippen LogP contribution in [0, 0.1) is 21.3 Å². The van der Waals surface area contributed by atoms with Gasteiger partial charge in [-0.3, -0.25) is 14.5 Å². The van der Waals surface area contributed by atoms with Crippen LogP contribution in [0.5, 0.6) is 11.5 Å². The Balaban J connectivity index is 1.60. The summed E-state index contributed by atoms with van der Waals surface area (Å²) in [6.45, 7) is 3.64. The zero-order valence-corrected chi connectivity index (χ0v) is 26.8. The lowest BCUT2D eigenvalue weighted by Crippen LogP contribution is -2.39. The molecule has 11 heteroatoms. The number of phenols is 1. The number of methoxy groups -OCH3 is 1. The Morgan fingerprint density at radius 3 is 2.53 bits per heavy atom. The predicted molar refractivity (Wildman–Crippen MR) is 174 cm³/mol. The highest BCUT2D eigenvalue weighted by Crippen LogP contribution is 2.48. The smallest absolute Gasteiger partial charge is 0.488 e. The van der Waals surface area contributed by atoms with Crippen LogP contribution >= 0.6 is 22.6 Å². The summed E-state index contributed by atoms with van der Waals surface area (Å²) >= 11 is 2.06. The van der Waals surface area contributed by atoms with E-state index in [2.05, 4.69) is 29.5 Å². The minimum absolute atomic E-state index is 0.0922. The van der Waals surface area contributed by atoms with Crippen LogP contribution in [-0.2, 0) is 9.59 Å². The Hall–Kier alpha value is -2.71. The Bertz CT molecular complexity index is 1420. The monoisotopic (exact) mass is 703 g/mol. The minimum atomic E-state index is -1.75. The zero-order valence-electron chi connectivity index (χ0n) is 24.7. The molecule has 0 spiro atoms. The number of allylic oxidation sites excluding steroid dienone is 2. The molecule has 0 bridgehead atoms. The quantitative estimate of drug-likeness (QED) is 0.0977. The third kappa shape index (κ3) is 6.85. The summed E-state index contributed by atoms with van der Waals surface area (Å²) < 4.78 is 5.98. The van der Waals surface area contributed by atoms with Gasteiger partial charge in [0.15, 0.2) is 11.5 Å². The number of imide groups is 1. The van der Waals surface area contributed by atoms with Crippen molar-refractivity contribution in [2.45, 2.75) is 58.5 Å². The van der Waals surface area contributed by atoms with Crippen LogP contribution in [0.4, 0.5) is 5.69 Å². The second-order valence-electron chi connectivity index (χ2n) is 11.2. The van der Waals surface area contributed by atoms with Crippen LogP contribution < -0.4 is 15.1 Å². The van der Waals surface area contributed by atoms with E-state index in [0.29, 0.717) is 40.6 Å². The van der Waals surface area contributed by atoms with Crippen molar-refractivity contribution < 1.29 is 39.7 Å². The predicted octanol–water partition coefficient (Wildman–Crippen LogP) is 3.53. The number of aliphatic hydroxyl groups excluding tert-OH is 2. The molecule has 5 N–H and O–H groups in total. The minimum Gasteiger partial charge on any atom is -0.504 e. The van der Waals surface area contributed by atoms with Crippen molar-refractivity contribution in [3.63, 3.8) is 0 Å². The summed E-state index contributed by atoms with van der Waals surface area (Å²) in [6, 6.07) is 9.67. The van der Waals surface area contributed by atoms with Gasteiger partial charge in [0, 0.05) is 5.92 Å². The molecule has 4 atom stereocenters. The summed E-state index contributed by atoms with van der Waals surface area (Å²) in [7, 11) is -0.243. The van der Waals surface area contributed by atoms with Crippen molar-refractivity contribution in [2.75, 3.05) is 18.6 Å². The summed E-state index contributed by atoms with van der Waals surface area (Å²) in [4.78, 5) is 28.4. The van der Waals surface area contributed by atoms with Crippen LogP contribution in [0.2, 0.25) is 0 Å². The number of nitrogens with zero attached hydrogens (tertiary/aromatic N) is 1. The van der Waals surface area contributed by atoms with E-state index >= 15 is 0 Å². The number of phenolic OH excluding ortho intramolecular Hbond substituents is 1. The number of carbonyl (C=O) groups is 2. The highest BCUT2D eigenvalue weighted by Gasteiger charge is 2.55. The van der Waals surface area contributed by atoms with Crippen LogP contribution in [0.3, 0.4) is 0 Å². The molecule has 2 aromatic rings. The number of halogens is 1. The van der Waals surface area contributed by atoms with E-state index in [-0.39, 0.29) is 29.4 Å². The van der Waals surface area contributed by atoms with Crippen molar-refractivity contribution in [3.05, 3.63) is 62.3 Å². The Labute approximate surface area is 266 Å². The van der Waals surface area contributed by atoms with Gasteiger partial charge < -0.3 is 30.1 Å². The molecule has 43 heavy (non-hydrogen) atoms. The SMILES string of the molecule is CCC/C(=C\c1cc(I)c(O)c(OC)c1)CC[C@@H](O)C1=C(CC)C[C@H]2C(=O)N(c3cccc(B(O)O)c3)C(=O)[C@H]2[C@H]1CO. The molecule has 0 saturated carbocycles. The topological polar surface area (TPSA) is 148 Å². The molecule has 1 aliphatic heterocycles. The maximum atomic E-state index is 13.7. The van der Waals surface area contributed by atoms with Crippen LogP contribution in [0.15, 0.2) is 53.1 Å². The number of aliphatic hydroxyl groups is 2. The van der Waals surface area contributed by atoms with Gasteiger partial charge in [-0.05, 0) is 95.6 Å². The summed E-state index contributed by atoms with van der Waals surface area (Å²) in [5, 5.41) is 51.5. The third-order valence-electron chi connectivity index (χ3n) is 8.54. The van der Waals surface area contributed by atoms with E-state index in [1.165, 1.54) is 19.2 Å². The first-order valence-electron chi connectivity index (χ1n) is 14.7. The Morgan fingerprint density at radius 2 is 1.91 bits per heavy atom. The number of aromatic hydroxyl groups is 1. The molecule has 1 aliphatic carbocycles. The molecule has 230 valence electrons. The number of fused-ring (bicyclic) bond motifs is 1. The molecule has 2 amide bonds. The maximum absolute atomic E-state index is 13.7. The van der Waals surface area contributed by atoms with Crippen molar-refractivity contribution in [1.29, 1.82) is 0 Å². The fourth-order valence-corrected chi connectivity index (χ4v) is 7.14. The van der Waals surface area contributed by atoms with Gasteiger partial charge in [0.05, 0.1) is 40.9 Å². The van der Waals surface area contributed by atoms with E-state index in [0.717, 1.165) is 34.5 Å². The number of amides is 2. The largest absolute Gasteiger partial charge is 0.504 e. The number of carbonyl (C=O) groups excluding carboxylic acids is 2. The van der Waals surface area contributed by atoms with Gasteiger partial charge in [0.2, 0.25) is 11.8 Å². The standard InChI is InChI=1S/C32H39BINO8/c1-4-7-18(12-19-13-25(34)30(38)27(14-19)43-3)10-11-26(37)28-20(5-2)15-23-29(24(28)17-36)32(40)35(31(23)39)22-9-6-8-21(16-22)33(41)42/h6,8-9,12-14,16,23-24,26,29,36-38,41-42H,4-5,7,10-11,15,17H2,1-3H3/b18-12+/t23-,24+,26-,29-/m1/s1. The summed E-state index contributed by atoms with van der Waals surface area (Å²) in [6.07, 6.45) is 4.70. The molecule has 2 aromatic carbocycles. The van der Waals surface area contributed by atoms with Gasteiger partial charge in [-0.2, -0.15) is 0 Å². The van der Waals surface area contributed by atoms with Crippen LogP contribution in [0.1, 0.15) is 57.9 Å². The van der Waals surface area contributed by atoms with Crippen LogP contribution in [-0.4, -0.2) is 64.1 Å². The first-order chi connectivity index (χ1) is 20.6. The van der Waals surface area contributed by atoms with E-state index in [1.807, 2.05) is 19.1 Å². The third-order valence-corrected chi connectivity index (χ3v) is 9.37. The van der Waals surface area contributed by atoms with E-state index < -0.39 is 36.9 Å². The van der Waals surface area contributed by atoms with Gasteiger partial charge in [0.25, 0.3) is 0 Å². The number of hydrogen-bond donors (Lipinski definition) is 5. The highest BCUT2D eigenvalue weighted by atomic mass is 127. The second-order valence-corrected chi connectivity index (χ2v) is 12.3. The Kier molecular flexibility index (Phi) is 11.1. The molecule has 1 heterocycles. The number of rotatable bonds is 12. The van der Waals surface area contributed by atoms with Crippen molar-refractivity contribution >= 4 is 58.7 Å². The van der Waals surface area contributed by atoms with Gasteiger partial charge in [-0.15, -0.1) is 0 Å². The van der Waals surface area contributed by atoms with Gasteiger partial charge in [0.1, 0.15) is 0 Å². The maximum Gasteiger partial charge on any atom is 0.488 e. The van der Waals surface area contributed by atoms with Gasteiger partial charge >= 0.3 is 7.12 Å². The fourth-order valence-electron chi connectivity index (χ4n) is 6.51. The molecule has 0 radical (unpaired) electrons. The van der Waals surface area contributed by atoms with E-state index in [9.17, 15) is 35.0 Å². The zero-order chi connectivity index (χ0) is 31.4. The average Bonchev–Trinajstić information content (AvgIpc) is 3.25. The van der Waals surface area contributed by atoms with Crippen molar-refractivity contribution in [3.8, 4) is 11.5 Å². The summed E-state index contributed by atoms with van der Waals surface area (Å²) in [5.41, 5.74) is 3.93. The lowest BCUT2D eigenvalue weighted by molar-refractivity contribution is -0.123. The van der Waals surface area contributed by atoms with Gasteiger partial charge in [-0.25, -0.2) is 0 Å². The molecular weight excluding hydrogens is 664 g/mol. The molecule has 2 aliphatic rings. The molecule has 4 rings (SSSR count). The van der Waals surface area contributed by atoms with E-state index in [1.54, 1.807) is 18.2 Å². The molecule has 0 unspecified atom stereocenters. The summed E-state index contributed by atoms with van der Waals surface area (Å²) in [5.74, 6) is -2.56. The average molecular weight is 703 g/mol. The number of ether oxygens (including phenoxy) is 1. The second kappa shape index (κ2) is 14.4. The Morgan fingerprint density at radius 1 is 1.16 bits per heavy atom. The first-order valence-corrected chi connectivity index (χ1v) is 15.7. The molecule has 9 nitrogen and oxygen atoms in total. The normalized spacial score (nSPS) is 21.3. The first kappa shape index (κ1) is 33.2. The highest BCUT2D eigenvalue weighted by molar-refractivity contribution is 14.1. The number of hydrogen-bond acceptors (Lipinski definition) is 8. The number of anilines is 1. The van der Waals surface area contributed by atoms with Gasteiger partial charge in [-0.1, -0.05) is 49.6 Å². The van der Waals surface area contributed by atoms with Crippen LogP contribution in [0.25, 0.3) is 6.08 Å². The van der Waals surface area contributed by atoms with Crippen molar-refractivity contribution in [1.82, 2.24) is 0 Å². The van der Waals surface area contributed by atoms with E-state index in [4.69, 9.17) is 4.74 Å². The lowest BCUT2D eigenvalue weighted by atomic mass is 9.67. The number of benzene rings is 2. The molecule has 1 fully saturated rings. The van der Waals surface area contributed by atoms with Crippen molar-refractivity contribution in [2.24, 2.45) is 17.8 Å². The molecule has 1 saturated heterocycles. The molecular formula is C32H39BINO8. The molecule has 0 aromatic heterocycles.